The highest BCUT2D eigenvalue weighted by Gasteiger charge is 2.24. The molecule has 0 amide bonds. The Morgan fingerprint density at radius 3 is 2.10 bits per heavy atom. The van der Waals surface area contributed by atoms with Gasteiger partial charge in [-0.3, -0.25) is 0 Å². The van der Waals surface area contributed by atoms with Crippen LogP contribution in [0.4, 0.5) is 0 Å². The van der Waals surface area contributed by atoms with Crippen LogP contribution in [-0.4, -0.2) is 30.9 Å². The zero-order chi connectivity index (χ0) is 14.6. The van der Waals surface area contributed by atoms with Gasteiger partial charge in [-0.15, -0.1) is 24.8 Å². The van der Waals surface area contributed by atoms with E-state index in [1.54, 1.807) is 20.3 Å². The first-order valence-corrected chi connectivity index (χ1v) is 6.46. The molecule has 0 aliphatic carbocycles. The van der Waals surface area contributed by atoms with E-state index < -0.39 is 6.10 Å². The van der Waals surface area contributed by atoms with Crippen LogP contribution in [0.5, 0.6) is 11.5 Å². The van der Waals surface area contributed by atoms with Gasteiger partial charge in [-0.2, -0.15) is 0 Å². The number of methoxy groups -OCH3 is 2. The minimum atomic E-state index is -0.663. The summed E-state index contributed by atoms with van der Waals surface area (Å²) in [5.74, 6) is 1.37. The van der Waals surface area contributed by atoms with Crippen LogP contribution in [0.2, 0.25) is 0 Å². The van der Waals surface area contributed by atoms with Crippen LogP contribution in [0, 0.1) is 0 Å². The van der Waals surface area contributed by atoms with Crippen LogP contribution in [0.3, 0.4) is 0 Å². The van der Waals surface area contributed by atoms with Crippen molar-refractivity contribution in [2.75, 3.05) is 14.2 Å². The maximum atomic E-state index is 10.5. The van der Waals surface area contributed by atoms with Gasteiger partial charge in [0.15, 0.2) is 0 Å². The number of halogens is 2. The van der Waals surface area contributed by atoms with Gasteiger partial charge < -0.3 is 19.9 Å². The van der Waals surface area contributed by atoms with E-state index in [9.17, 15) is 5.11 Å². The Bertz CT molecular complexity index is 422. The molecule has 0 radical (unpaired) electrons. The molecule has 0 aliphatic rings. The van der Waals surface area contributed by atoms with E-state index in [2.05, 4.69) is 26.1 Å². The number of aliphatic hydroxyl groups is 1. The van der Waals surface area contributed by atoms with Crippen molar-refractivity contribution in [1.82, 2.24) is 5.32 Å². The number of hydrogen-bond donors (Lipinski definition) is 2. The second kappa shape index (κ2) is 9.36. The van der Waals surface area contributed by atoms with Crippen molar-refractivity contribution in [3.05, 3.63) is 23.8 Å². The Labute approximate surface area is 140 Å². The Balaban J connectivity index is 0. The van der Waals surface area contributed by atoms with Crippen LogP contribution < -0.4 is 14.8 Å². The van der Waals surface area contributed by atoms with Gasteiger partial charge in [0.25, 0.3) is 0 Å². The highest BCUT2D eigenvalue weighted by molar-refractivity contribution is 5.85. The average molecular weight is 340 g/mol. The minimum Gasteiger partial charge on any atom is -0.497 e. The highest BCUT2D eigenvalue weighted by atomic mass is 35.5. The van der Waals surface area contributed by atoms with E-state index in [0.29, 0.717) is 11.5 Å². The molecule has 1 rings (SSSR count). The quantitative estimate of drug-likeness (QED) is 0.863. The number of hydrogen-bond acceptors (Lipinski definition) is 4. The van der Waals surface area contributed by atoms with Crippen molar-refractivity contribution < 1.29 is 14.6 Å². The summed E-state index contributed by atoms with van der Waals surface area (Å²) in [6.07, 6.45) is -0.663. The molecule has 0 spiro atoms. The van der Waals surface area contributed by atoms with Gasteiger partial charge in [0.2, 0.25) is 0 Å². The third kappa shape index (κ3) is 6.74. The molecule has 0 saturated heterocycles. The maximum Gasteiger partial charge on any atom is 0.124 e. The van der Waals surface area contributed by atoms with Crippen molar-refractivity contribution in [2.24, 2.45) is 0 Å². The maximum absolute atomic E-state index is 10.5. The molecule has 1 aromatic rings. The van der Waals surface area contributed by atoms with E-state index in [1.165, 1.54) is 0 Å². The van der Waals surface area contributed by atoms with Gasteiger partial charge in [-0.1, -0.05) is 0 Å². The fourth-order valence-electron chi connectivity index (χ4n) is 2.10. The normalized spacial score (nSPS) is 13.5. The third-order valence-electron chi connectivity index (χ3n) is 2.89. The number of ether oxygens (including phenoxy) is 2. The largest absolute Gasteiger partial charge is 0.497 e. The van der Waals surface area contributed by atoms with Crippen molar-refractivity contribution in [1.29, 1.82) is 0 Å². The molecule has 1 aromatic carbocycles. The van der Waals surface area contributed by atoms with Gasteiger partial charge >= 0.3 is 0 Å². The number of benzene rings is 1. The fourth-order valence-corrected chi connectivity index (χ4v) is 2.10. The van der Waals surface area contributed by atoms with Crippen LogP contribution >= 0.6 is 24.8 Å². The van der Waals surface area contributed by atoms with Crippen LogP contribution in [0.25, 0.3) is 0 Å². The summed E-state index contributed by atoms with van der Waals surface area (Å²) >= 11 is 0. The standard InChI is InChI=1S/C15H25NO3.2ClH/c1-10(16-15(2,3)4)14(17)12-9-11(18-5)7-8-13(12)19-6;;/h7-10,14,16-17H,1-6H3;2*1H. The summed E-state index contributed by atoms with van der Waals surface area (Å²) in [6.45, 7) is 8.16. The molecule has 0 fully saturated rings. The number of rotatable bonds is 5. The molecule has 2 unspecified atom stereocenters. The van der Waals surface area contributed by atoms with Gasteiger partial charge in [-0.25, -0.2) is 0 Å². The predicted molar refractivity (Wildman–Crippen MR) is 91.4 cm³/mol. The fraction of sp³-hybridized carbons (Fsp3) is 0.600. The molecule has 21 heavy (non-hydrogen) atoms. The van der Waals surface area contributed by atoms with Crippen molar-refractivity contribution >= 4 is 24.8 Å². The van der Waals surface area contributed by atoms with Crippen molar-refractivity contribution in [3.8, 4) is 11.5 Å². The molecule has 2 atom stereocenters. The molecular weight excluding hydrogens is 313 g/mol. The smallest absolute Gasteiger partial charge is 0.124 e. The molecule has 0 aliphatic heterocycles. The van der Waals surface area contributed by atoms with Gasteiger partial charge in [-0.05, 0) is 45.9 Å². The minimum absolute atomic E-state index is 0. The van der Waals surface area contributed by atoms with Gasteiger partial charge in [0.1, 0.15) is 11.5 Å². The van der Waals surface area contributed by atoms with Gasteiger partial charge in [0.05, 0.1) is 20.3 Å². The predicted octanol–water partition coefficient (Wildman–Crippen LogP) is 3.36. The molecule has 0 aromatic heterocycles. The van der Waals surface area contributed by atoms with E-state index in [0.717, 1.165) is 5.56 Å². The Morgan fingerprint density at radius 2 is 1.67 bits per heavy atom. The lowest BCUT2D eigenvalue weighted by Crippen LogP contribution is -2.45. The summed E-state index contributed by atoms with van der Waals surface area (Å²) < 4.78 is 10.5. The number of aliphatic hydroxyl groups excluding tert-OH is 1. The lowest BCUT2D eigenvalue weighted by Gasteiger charge is -2.30. The first-order valence-electron chi connectivity index (χ1n) is 6.46. The first kappa shape index (κ1) is 22.6. The van der Waals surface area contributed by atoms with Crippen LogP contribution in [0.15, 0.2) is 18.2 Å². The van der Waals surface area contributed by atoms with E-state index >= 15 is 0 Å². The summed E-state index contributed by atoms with van der Waals surface area (Å²) in [5, 5.41) is 13.8. The Hall–Kier alpha value is -0.680. The highest BCUT2D eigenvalue weighted by Crippen LogP contribution is 2.31. The van der Waals surface area contributed by atoms with Crippen molar-refractivity contribution in [2.45, 2.75) is 45.4 Å². The first-order chi connectivity index (χ1) is 8.78. The monoisotopic (exact) mass is 339 g/mol. The summed E-state index contributed by atoms with van der Waals surface area (Å²) in [5.41, 5.74) is 0.665. The molecular formula is C15H27Cl2NO3. The molecule has 0 heterocycles. The molecule has 0 saturated carbocycles. The van der Waals surface area contributed by atoms with Crippen molar-refractivity contribution in [3.63, 3.8) is 0 Å². The van der Waals surface area contributed by atoms with E-state index in [4.69, 9.17) is 9.47 Å². The van der Waals surface area contributed by atoms with E-state index in [1.807, 2.05) is 19.1 Å². The van der Waals surface area contributed by atoms with Gasteiger partial charge in [0, 0.05) is 17.1 Å². The lowest BCUT2D eigenvalue weighted by atomic mass is 9.99. The van der Waals surface area contributed by atoms with E-state index in [-0.39, 0.29) is 36.4 Å². The van der Waals surface area contributed by atoms with Crippen LogP contribution in [-0.2, 0) is 0 Å². The number of nitrogens with one attached hydrogen (secondary N) is 1. The second-order valence-electron chi connectivity index (χ2n) is 5.74. The molecule has 0 bridgehead atoms. The summed E-state index contributed by atoms with van der Waals surface area (Å²) in [4.78, 5) is 0. The zero-order valence-corrected chi connectivity index (χ0v) is 15.1. The summed E-state index contributed by atoms with van der Waals surface area (Å²) in [6, 6.07) is 5.34. The molecule has 2 N–H and O–H groups in total. The Kier molecular flexibility index (Phi) is 10.1. The SMILES string of the molecule is COc1ccc(OC)c(C(O)C(C)NC(C)(C)C)c1.Cl.Cl. The molecule has 4 nitrogen and oxygen atoms in total. The topological polar surface area (TPSA) is 50.7 Å². The zero-order valence-electron chi connectivity index (χ0n) is 13.5. The second-order valence-corrected chi connectivity index (χ2v) is 5.74. The lowest BCUT2D eigenvalue weighted by molar-refractivity contribution is 0.118. The van der Waals surface area contributed by atoms with Crippen LogP contribution in [0.1, 0.15) is 39.4 Å². The molecule has 124 valence electrons. The molecule has 6 heteroatoms. The summed E-state index contributed by atoms with van der Waals surface area (Å²) in [7, 11) is 3.20. The Morgan fingerprint density at radius 1 is 1.10 bits per heavy atom. The average Bonchev–Trinajstić information content (AvgIpc) is 2.35. The third-order valence-corrected chi connectivity index (χ3v) is 2.89.